The highest BCUT2D eigenvalue weighted by Crippen LogP contribution is 2.16. The summed E-state index contributed by atoms with van der Waals surface area (Å²) in [5, 5.41) is 10.7. The van der Waals surface area contributed by atoms with Gasteiger partial charge in [-0.15, -0.1) is 0 Å². The Labute approximate surface area is 73.2 Å². The lowest BCUT2D eigenvalue weighted by Gasteiger charge is -2.05. The van der Waals surface area contributed by atoms with E-state index < -0.39 is 12.0 Å². The lowest BCUT2D eigenvalue weighted by Crippen LogP contribution is -2.23. The lowest BCUT2D eigenvalue weighted by atomic mass is 10.3. The molecule has 0 saturated carbocycles. The third-order valence-electron chi connectivity index (χ3n) is 1.14. The van der Waals surface area contributed by atoms with Crippen LogP contribution in [0.5, 0.6) is 0 Å². The predicted octanol–water partition coefficient (Wildman–Crippen LogP) is 0.603. The second kappa shape index (κ2) is 4.86. The Bertz CT molecular complexity index is 210. The van der Waals surface area contributed by atoms with Crippen LogP contribution in [0.15, 0.2) is 11.8 Å². The molecule has 0 fully saturated rings. The molecule has 0 aliphatic heterocycles. The summed E-state index contributed by atoms with van der Waals surface area (Å²) in [7, 11) is 0. The monoisotopic (exact) mass is 197 g/mol. The van der Waals surface area contributed by atoms with Gasteiger partial charge in [-0.2, -0.15) is 13.2 Å². The van der Waals surface area contributed by atoms with Gasteiger partial charge in [-0.3, -0.25) is 4.79 Å². The molecule has 0 bridgehead atoms. The molecule has 0 saturated heterocycles. The Morgan fingerprint density at radius 1 is 1.54 bits per heavy atom. The van der Waals surface area contributed by atoms with E-state index in [1.54, 1.807) is 0 Å². The van der Waals surface area contributed by atoms with Crippen molar-refractivity contribution < 1.29 is 23.1 Å². The Morgan fingerprint density at radius 3 is 2.46 bits per heavy atom. The zero-order chi connectivity index (χ0) is 10.5. The van der Waals surface area contributed by atoms with Crippen LogP contribution in [0.2, 0.25) is 0 Å². The fourth-order valence-electron chi connectivity index (χ4n) is 0.583. The van der Waals surface area contributed by atoms with Gasteiger partial charge in [0.05, 0.1) is 6.61 Å². The van der Waals surface area contributed by atoms with E-state index in [2.05, 4.69) is 5.32 Å². The number of allylic oxidation sites excluding steroid dienone is 2. The number of rotatable bonds is 4. The molecular weight excluding hydrogens is 187 g/mol. The van der Waals surface area contributed by atoms with Crippen LogP contribution in [-0.2, 0) is 4.79 Å². The molecule has 0 radical (unpaired) electrons. The maximum absolute atomic E-state index is 11.7. The largest absolute Gasteiger partial charge is 0.454 e. The highest BCUT2D eigenvalue weighted by atomic mass is 19.4. The summed E-state index contributed by atoms with van der Waals surface area (Å²) >= 11 is 0. The van der Waals surface area contributed by atoms with Crippen LogP contribution in [0.3, 0.4) is 0 Å². The minimum Gasteiger partial charge on any atom is -0.395 e. The van der Waals surface area contributed by atoms with Crippen molar-refractivity contribution in [1.82, 2.24) is 5.32 Å². The van der Waals surface area contributed by atoms with Gasteiger partial charge in [-0.1, -0.05) is 0 Å². The van der Waals surface area contributed by atoms with E-state index in [9.17, 15) is 18.0 Å². The fourth-order valence-corrected chi connectivity index (χ4v) is 0.583. The van der Waals surface area contributed by atoms with Crippen LogP contribution in [0, 0.1) is 0 Å². The van der Waals surface area contributed by atoms with Gasteiger partial charge in [-0.25, -0.2) is 0 Å². The van der Waals surface area contributed by atoms with E-state index in [-0.39, 0.29) is 18.8 Å². The SMILES string of the molecule is C/C(=C/C(=O)C(F)(F)F)NCCO. The predicted molar refractivity (Wildman–Crippen MR) is 39.9 cm³/mol. The first kappa shape index (κ1) is 12.0. The molecule has 3 nitrogen and oxygen atoms in total. The first-order valence-corrected chi connectivity index (χ1v) is 3.52. The number of carbonyl (C=O) groups excluding carboxylic acids is 1. The van der Waals surface area contributed by atoms with Crippen LogP contribution >= 0.6 is 0 Å². The molecule has 2 N–H and O–H groups in total. The maximum Gasteiger partial charge on any atom is 0.454 e. The van der Waals surface area contributed by atoms with Crippen molar-refractivity contribution in [2.75, 3.05) is 13.2 Å². The number of carbonyl (C=O) groups is 1. The molecule has 0 rings (SSSR count). The first-order valence-electron chi connectivity index (χ1n) is 3.52. The Morgan fingerprint density at radius 2 is 2.08 bits per heavy atom. The summed E-state index contributed by atoms with van der Waals surface area (Å²) in [6.07, 6.45) is -4.38. The van der Waals surface area contributed by atoms with Crippen molar-refractivity contribution in [3.63, 3.8) is 0 Å². The number of halogens is 3. The minimum absolute atomic E-state index is 0.0800. The van der Waals surface area contributed by atoms with E-state index in [4.69, 9.17) is 5.11 Å². The van der Waals surface area contributed by atoms with Crippen molar-refractivity contribution in [2.45, 2.75) is 13.1 Å². The van der Waals surface area contributed by atoms with Gasteiger partial charge in [0.15, 0.2) is 0 Å². The Kier molecular flexibility index (Phi) is 4.47. The topological polar surface area (TPSA) is 49.3 Å². The van der Waals surface area contributed by atoms with Crippen LogP contribution in [0.1, 0.15) is 6.92 Å². The quantitative estimate of drug-likeness (QED) is 0.649. The summed E-state index contributed by atoms with van der Waals surface area (Å²) in [5.74, 6) is -1.91. The smallest absolute Gasteiger partial charge is 0.395 e. The van der Waals surface area contributed by atoms with Crippen LogP contribution in [0.4, 0.5) is 13.2 Å². The lowest BCUT2D eigenvalue weighted by molar-refractivity contribution is -0.165. The van der Waals surface area contributed by atoms with Gasteiger partial charge in [0.2, 0.25) is 0 Å². The summed E-state index contributed by atoms with van der Waals surface area (Å²) in [4.78, 5) is 10.3. The molecule has 6 heteroatoms. The highest BCUT2D eigenvalue weighted by Gasteiger charge is 2.36. The zero-order valence-corrected chi connectivity index (χ0v) is 6.98. The van der Waals surface area contributed by atoms with Gasteiger partial charge < -0.3 is 10.4 Å². The van der Waals surface area contributed by atoms with Crippen molar-refractivity contribution in [3.8, 4) is 0 Å². The van der Waals surface area contributed by atoms with Crippen LogP contribution in [0.25, 0.3) is 0 Å². The number of aliphatic hydroxyl groups is 1. The molecule has 0 aromatic carbocycles. The molecule has 0 aliphatic carbocycles. The number of aliphatic hydroxyl groups excluding tert-OH is 1. The van der Waals surface area contributed by atoms with Crippen molar-refractivity contribution in [3.05, 3.63) is 11.8 Å². The van der Waals surface area contributed by atoms with Gasteiger partial charge in [-0.05, 0) is 6.92 Å². The van der Waals surface area contributed by atoms with Gasteiger partial charge >= 0.3 is 6.18 Å². The number of hydrogen-bond acceptors (Lipinski definition) is 3. The van der Waals surface area contributed by atoms with Crippen molar-refractivity contribution in [1.29, 1.82) is 0 Å². The maximum atomic E-state index is 11.7. The number of hydrogen-bond donors (Lipinski definition) is 2. The van der Waals surface area contributed by atoms with Crippen LogP contribution < -0.4 is 5.32 Å². The summed E-state index contributed by atoms with van der Waals surface area (Å²) in [6.45, 7) is 1.23. The molecule has 0 amide bonds. The molecule has 76 valence electrons. The molecule has 0 heterocycles. The van der Waals surface area contributed by atoms with Gasteiger partial charge in [0, 0.05) is 18.3 Å². The summed E-state index contributed by atoms with van der Waals surface area (Å²) < 4.78 is 35.0. The molecule has 0 atom stereocenters. The Hall–Kier alpha value is -1.04. The number of ketones is 1. The normalized spacial score (nSPS) is 12.8. The van der Waals surface area contributed by atoms with E-state index in [0.29, 0.717) is 6.08 Å². The molecule has 0 spiro atoms. The molecule has 0 aromatic rings. The zero-order valence-electron chi connectivity index (χ0n) is 6.98. The average molecular weight is 197 g/mol. The minimum atomic E-state index is -4.83. The molecular formula is C7H10F3NO2. The third kappa shape index (κ3) is 5.24. The van der Waals surface area contributed by atoms with Crippen molar-refractivity contribution >= 4 is 5.78 Å². The van der Waals surface area contributed by atoms with Gasteiger partial charge in [0.1, 0.15) is 0 Å². The summed E-state index contributed by atoms with van der Waals surface area (Å²) in [6, 6.07) is 0. The standard InChI is InChI=1S/C7H10F3NO2/c1-5(11-2-3-12)4-6(13)7(8,9)10/h4,11-12H,2-3H2,1H3/b5-4-. The van der Waals surface area contributed by atoms with Crippen molar-refractivity contribution in [2.24, 2.45) is 0 Å². The molecule has 0 unspecified atom stereocenters. The Balaban J connectivity index is 4.15. The molecule has 13 heavy (non-hydrogen) atoms. The summed E-state index contributed by atoms with van der Waals surface area (Å²) in [5.41, 5.74) is 0.0800. The second-order valence-corrected chi connectivity index (χ2v) is 2.34. The second-order valence-electron chi connectivity index (χ2n) is 2.34. The number of nitrogens with one attached hydrogen (secondary N) is 1. The van der Waals surface area contributed by atoms with E-state index in [1.807, 2.05) is 0 Å². The third-order valence-corrected chi connectivity index (χ3v) is 1.14. The van der Waals surface area contributed by atoms with E-state index in [1.165, 1.54) is 6.92 Å². The highest BCUT2D eigenvalue weighted by molar-refractivity contribution is 5.94. The molecule has 0 aliphatic rings. The average Bonchev–Trinajstić information content (AvgIpc) is 1.99. The van der Waals surface area contributed by atoms with E-state index in [0.717, 1.165) is 0 Å². The fraction of sp³-hybridized carbons (Fsp3) is 0.571. The first-order chi connectivity index (χ1) is 5.88. The number of alkyl halides is 3. The van der Waals surface area contributed by atoms with Gasteiger partial charge in [0.25, 0.3) is 5.78 Å². The van der Waals surface area contributed by atoms with Crippen LogP contribution in [-0.4, -0.2) is 30.2 Å². The molecule has 0 aromatic heterocycles. The van der Waals surface area contributed by atoms with E-state index >= 15 is 0 Å².